The highest BCUT2D eigenvalue weighted by atomic mass is 16.5. The van der Waals surface area contributed by atoms with Gasteiger partial charge in [-0.25, -0.2) is 4.68 Å². The molecular formula is C13H16N4O3. The minimum absolute atomic E-state index is 0.110. The third kappa shape index (κ3) is 3.78. The van der Waals surface area contributed by atoms with Gasteiger partial charge in [-0.2, -0.15) is 0 Å². The molecule has 1 aromatic heterocycles. The predicted molar refractivity (Wildman–Crippen MR) is 70.5 cm³/mol. The summed E-state index contributed by atoms with van der Waals surface area (Å²) in [4.78, 5) is 10.5. The summed E-state index contributed by atoms with van der Waals surface area (Å²) in [5.74, 6) is 0.684. The minimum Gasteiger partial charge on any atom is -0.497 e. The van der Waals surface area contributed by atoms with Crippen molar-refractivity contribution in [2.24, 2.45) is 0 Å². The molecule has 0 fully saturated rings. The van der Waals surface area contributed by atoms with Gasteiger partial charge in [0.1, 0.15) is 5.75 Å². The van der Waals surface area contributed by atoms with Crippen LogP contribution in [0.4, 0.5) is 0 Å². The highest BCUT2D eigenvalue weighted by Crippen LogP contribution is 2.15. The molecule has 2 aromatic rings. The lowest BCUT2D eigenvalue weighted by Gasteiger charge is -2.05. The second kappa shape index (κ2) is 6.65. The predicted octanol–water partition coefficient (Wildman–Crippen LogP) is 1.14. The van der Waals surface area contributed by atoms with Crippen LogP contribution in [-0.2, 0) is 17.8 Å². The molecule has 0 aliphatic heterocycles. The standard InChI is InChI=1S/C13H16N4O3/c1-20-11-5-2-4-10(8-11)9-12-14-15-16-17(12)7-3-6-13(18)19/h2,4-5,8H,3,6-7,9H2,1H3,(H,18,19). The lowest BCUT2D eigenvalue weighted by molar-refractivity contribution is -0.137. The lowest BCUT2D eigenvalue weighted by atomic mass is 10.1. The van der Waals surface area contributed by atoms with Crippen LogP contribution >= 0.6 is 0 Å². The summed E-state index contributed by atoms with van der Waals surface area (Å²) in [6.07, 6.45) is 1.20. The number of carbonyl (C=O) groups is 1. The van der Waals surface area contributed by atoms with E-state index >= 15 is 0 Å². The second-order valence-electron chi connectivity index (χ2n) is 4.34. The van der Waals surface area contributed by atoms with E-state index in [1.54, 1.807) is 11.8 Å². The van der Waals surface area contributed by atoms with Gasteiger partial charge >= 0.3 is 5.97 Å². The summed E-state index contributed by atoms with van der Waals surface area (Å²) >= 11 is 0. The van der Waals surface area contributed by atoms with Gasteiger partial charge in [0.05, 0.1) is 7.11 Å². The zero-order valence-electron chi connectivity index (χ0n) is 11.2. The fraction of sp³-hybridized carbons (Fsp3) is 0.385. The molecule has 1 heterocycles. The van der Waals surface area contributed by atoms with Gasteiger partial charge in [-0.05, 0) is 34.5 Å². The minimum atomic E-state index is -0.813. The molecule has 0 bridgehead atoms. The normalized spacial score (nSPS) is 10.4. The Hall–Kier alpha value is -2.44. The van der Waals surface area contributed by atoms with Crippen molar-refractivity contribution in [1.82, 2.24) is 20.2 Å². The SMILES string of the molecule is COc1cccc(Cc2nnnn2CCCC(=O)O)c1. The Morgan fingerprint density at radius 1 is 1.45 bits per heavy atom. The van der Waals surface area contributed by atoms with E-state index < -0.39 is 5.97 Å². The highest BCUT2D eigenvalue weighted by Gasteiger charge is 2.08. The number of hydrogen-bond acceptors (Lipinski definition) is 5. The molecule has 7 heteroatoms. The third-order valence-electron chi connectivity index (χ3n) is 2.86. The molecule has 2 rings (SSSR count). The number of nitrogens with zero attached hydrogens (tertiary/aromatic N) is 4. The Balaban J connectivity index is 2.02. The Labute approximate surface area is 116 Å². The number of tetrazole rings is 1. The summed E-state index contributed by atoms with van der Waals surface area (Å²) in [5.41, 5.74) is 1.04. The van der Waals surface area contributed by atoms with Crippen molar-refractivity contribution in [3.8, 4) is 5.75 Å². The van der Waals surface area contributed by atoms with Crippen LogP contribution in [-0.4, -0.2) is 38.4 Å². The molecule has 20 heavy (non-hydrogen) atoms. The van der Waals surface area contributed by atoms with Crippen LogP contribution in [0.15, 0.2) is 24.3 Å². The highest BCUT2D eigenvalue weighted by molar-refractivity contribution is 5.66. The van der Waals surface area contributed by atoms with Crippen LogP contribution in [0, 0.1) is 0 Å². The third-order valence-corrected chi connectivity index (χ3v) is 2.86. The molecule has 0 saturated carbocycles. The van der Waals surface area contributed by atoms with Crippen LogP contribution in [0.3, 0.4) is 0 Å². The first-order chi connectivity index (χ1) is 9.69. The van der Waals surface area contributed by atoms with Gasteiger partial charge in [0.2, 0.25) is 0 Å². The van der Waals surface area contributed by atoms with E-state index in [9.17, 15) is 4.79 Å². The van der Waals surface area contributed by atoms with Gasteiger partial charge in [0, 0.05) is 19.4 Å². The summed E-state index contributed by atoms with van der Waals surface area (Å²) in [7, 11) is 1.62. The van der Waals surface area contributed by atoms with Gasteiger partial charge in [-0.15, -0.1) is 5.10 Å². The van der Waals surface area contributed by atoms with Crippen LogP contribution in [0.25, 0.3) is 0 Å². The molecule has 106 valence electrons. The molecule has 0 aliphatic rings. The average Bonchev–Trinajstić information content (AvgIpc) is 2.86. The molecule has 0 amide bonds. The van der Waals surface area contributed by atoms with Gasteiger partial charge in [-0.3, -0.25) is 4.79 Å². The first kappa shape index (κ1) is 14.0. The molecule has 1 N–H and O–H groups in total. The van der Waals surface area contributed by atoms with E-state index in [0.29, 0.717) is 25.2 Å². The quantitative estimate of drug-likeness (QED) is 0.815. The summed E-state index contributed by atoms with van der Waals surface area (Å²) in [5, 5.41) is 20.1. The number of benzene rings is 1. The van der Waals surface area contributed by atoms with E-state index in [0.717, 1.165) is 11.3 Å². The van der Waals surface area contributed by atoms with Crippen LogP contribution in [0.5, 0.6) is 5.75 Å². The van der Waals surface area contributed by atoms with Crippen molar-refractivity contribution in [3.05, 3.63) is 35.7 Å². The van der Waals surface area contributed by atoms with E-state index in [1.165, 1.54) is 0 Å². The Morgan fingerprint density at radius 2 is 2.30 bits per heavy atom. The van der Waals surface area contributed by atoms with Crippen molar-refractivity contribution in [2.75, 3.05) is 7.11 Å². The summed E-state index contributed by atoms with van der Waals surface area (Å²) < 4.78 is 6.81. The van der Waals surface area contributed by atoms with Gasteiger partial charge in [0.15, 0.2) is 5.82 Å². The van der Waals surface area contributed by atoms with Crippen molar-refractivity contribution < 1.29 is 14.6 Å². The number of carboxylic acids is 1. The first-order valence-electron chi connectivity index (χ1n) is 6.29. The molecule has 0 saturated heterocycles. The fourth-order valence-electron chi connectivity index (χ4n) is 1.87. The maximum atomic E-state index is 10.5. The van der Waals surface area contributed by atoms with Crippen LogP contribution in [0.1, 0.15) is 24.2 Å². The largest absolute Gasteiger partial charge is 0.497 e. The smallest absolute Gasteiger partial charge is 0.303 e. The van der Waals surface area contributed by atoms with E-state index in [2.05, 4.69) is 15.5 Å². The Bertz CT molecular complexity index is 583. The van der Waals surface area contributed by atoms with Crippen LogP contribution in [0.2, 0.25) is 0 Å². The molecule has 0 aliphatic carbocycles. The number of hydrogen-bond donors (Lipinski definition) is 1. The monoisotopic (exact) mass is 276 g/mol. The molecule has 0 unspecified atom stereocenters. The first-order valence-corrected chi connectivity index (χ1v) is 6.29. The molecular weight excluding hydrogens is 260 g/mol. The van der Waals surface area contributed by atoms with Crippen LogP contribution < -0.4 is 4.74 Å². The number of aryl methyl sites for hydroxylation is 1. The van der Waals surface area contributed by atoms with E-state index in [4.69, 9.17) is 9.84 Å². The fourth-order valence-corrected chi connectivity index (χ4v) is 1.87. The van der Waals surface area contributed by atoms with Crippen molar-refractivity contribution >= 4 is 5.97 Å². The number of rotatable bonds is 7. The zero-order chi connectivity index (χ0) is 14.4. The van der Waals surface area contributed by atoms with Gasteiger partial charge in [0.25, 0.3) is 0 Å². The number of aliphatic carboxylic acids is 1. The summed E-state index contributed by atoms with van der Waals surface area (Å²) in [6.45, 7) is 0.499. The van der Waals surface area contributed by atoms with Crippen molar-refractivity contribution in [2.45, 2.75) is 25.8 Å². The second-order valence-corrected chi connectivity index (χ2v) is 4.34. The van der Waals surface area contributed by atoms with Gasteiger partial charge in [-0.1, -0.05) is 12.1 Å². The van der Waals surface area contributed by atoms with Gasteiger partial charge < -0.3 is 9.84 Å². The molecule has 0 atom stereocenters. The number of aromatic nitrogens is 4. The zero-order valence-corrected chi connectivity index (χ0v) is 11.2. The molecule has 0 spiro atoms. The van der Waals surface area contributed by atoms with Crippen molar-refractivity contribution in [3.63, 3.8) is 0 Å². The molecule has 1 aromatic carbocycles. The van der Waals surface area contributed by atoms with E-state index in [-0.39, 0.29) is 6.42 Å². The lowest BCUT2D eigenvalue weighted by Crippen LogP contribution is -2.08. The molecule has 0 radical (unpaired) electrons. The average molecular weight is 276 g/mol. The number of ether oxygens (including phenoxy) is 1. The summed E-state index contributed by atoms with van der Waals surface area (Å²) in [6, 6.07) is 7.68. The molecule has 7 nitrogen and oxygen atoms in total. The maximum absolute atomic E-state index is 10.5. The number of carboxylic acid groups (broad SMARTS) is 1. The maximum Gasteiger partial charge on any atom is 0.303 e. The van der Waals surface area contributed by atoms with E-state index in [1.807, 2.05) is 24.3 Å². The number of methoxy groups -OCH3 is 1. The van der Waals surface area contributed by atoms with Crippen molar-refractivity contribution in [1.29, 1.82) is 0 Å². The topological polar surface area (TPSA) is 90.1 Å². The Morgan fingerprint density at radius 3 is 3.05 bits per heavy atom. The Kier molecular flexibility index (Phi) is 4.65.